The number of carbonyl (C=O) groups excluding carboxylic acids is 1. The molecule has 0 spiro atoms. The Morgan fingerprint density at radius 1 is 1.35 bits per heavy atom. The van der Waals surface area contributed by atoms with Crippen LogP contribution in [0.4, 0.5) is 4.79 Å². The maximum absolute atomic E-state index is 11.3. The van der Waals surface area contributed by atoms with Crippen LogP contribution in [0.2, 0.25) is 0 Å². The minimum Gasteiger partial charge on any atom is -0.478 e. The van der Waals surface area contributed by atoms with Crippen molar-refractivity contribution in [1.82, 2.24) is 5.32 Å². The van der Waals surface area contributed by atoms with Gasteiger partial charge in [-0.3, -0.25) is 0 Å². The van der Waals surface area contributed by atoms with Crippen LogP contribution in [0.5, 0.6) is 0 Å². The highest BCUT2D eigenvalue weighted by Gasteiger charge is 2.19. The second kappa shape index (κ2) is 6.07. The average Bonchev–Trinajstić information content (AvgIpc) is 2.76. The molecule has 0 bridgehead atoms. The van der Waals surface area contributed by atoms with Crippen LogP contribution in [0.3, 0.4) is 0 Å². The number of aromatic carboxylic acids is 1. The number of fused-ring (bicyclic) bond motifs is 1. The molecule has 0 fully saturated rings. The zero-order valence-electron chi connectivity index (χ0n) is 10.6. The zero-order valence-corrected chi connectivity index (χ0v) is 10.6. The third-order valence-electron chi connectivity index (χ3n) is 2.69. The van der Waals surface area contributed by atoms with Crippen LogP contribution in [0.1, 0.15) is 16.1 Å². The van der Waals surface area contributed by atoms with E-state index in [0.717, 1.165) is 0 Å². The number of nitrogens with one attached hydrogen (secondary N) is 1. The van der Waals surface area contributed by atoms with Crippen LogP contribution in [-0.2, 0) is 11.3 Å². The smallest absolute Gasteiger partial charge is 0.404 e. The lowest BCUT2D eigenvalue weighted by Crippen LogP contribution is -2.23. The summed E-state index contributed by atoms with van der Waals surface area (Å²) < 4.78 is 10.1. The van der Waals surface area contributed by atoms with Crippen molar-refractivity contribution >= 4 is 23.0 Å². The van der Waals surface area contributed by atoms with Gasteiger partial charge in [-0.15, -0.1) is 0 Å². The number of amides is 1. The van der Waals surface area contributed by atoms with Gasteiger partial charge in [-0.05, 0) is 6.07 Å². The van der Waals surface area contributed by atoms with Crippen molar-refractivity contribution < 1.29 is 23.8 Å². The molecule has 0 aliphatic rings. The first kappa shape index (κ1) is 13.9. The van der Waals surface area contributed by atoms with E-state index in [2.05, 4.69) is 10.1 Å². The minimum atomic E-state index is -1.04. The second-order valence-electron chi connectivity index (χ2n) is 4.05. The van der Waals surface area contributed by atoms with Gasteiger partial charge in [0.05, 0.1) is 6.54 Å². The summed E-state index contributed by atoms with van der Waals surface area (Å²) in [6, 6.07) is 6.93. The Balaban J connectivity index is 2.07. The number of rotatable bonds is 6. The van der Waals surface area contributed by atoms with Crippen LogP contribution in [0.25, 0.3) is 11.0 Å². The lowest BCUT2D eigenvalue weighted by Gasteiger charge is -2.03. The molecule has 1 heterocycles. The van der Waals surface area contributed by atoms with Gasteiger partial charge in [0.1, 0.15) is 23.5 Å². The molecule has 1 aromatic carbocycles. The van der Waals surface area contributed by atoms with E-state index < -0.39 is 12.1 Å². The van der Waals surface area contributed by atoms with Crippen LogP contribution in [-0.4, -0.2) is 30.3 Å². The number of primary amides is 1. The van der Waals surface area contributed by atoms with Gasteiger partial charge in [-0.2, -0.15) is 0 Å². The molecule has 0 atom stereocenters. The number of nitrogens with two attached hydrogens (primary N) is 1. The maximum atomic E-state index is 11.3. The van der Waals surface area contributed by atoms with Crippen molar-refractivity contribution in [3.05, 3.63) is 35.6 Å². The highest BCUT2D eigenvalue weighted by molar-refractivity contribution is 6.03. The van der Waals surface area contributed by atoms with E-state index in [1.54, 1.807) is 24.3 Å². The number of benzene rings is 1. The number of ether oxygens (including phenoxy) is 1. The van der Waals surface area contributed by atoms with E-state index in [0.29, 0.717) is 23.3 Å². The molecule has 7 nitrogen and oxygen atoms in total. The molecule has 7 heteroatoms. The van der Waals surface area contributed by atoms with Crippen molar-refractivity contribution in [2.75, 3.05) is 13.2 Å². The van der Waals surface area contributed by atoms with Gasteiger partial charge in [0, 0.05) is 11.9 Å². The predicted octanol–water partition coefficient (Wildman–Crippen LogP) is 1.32. The molecule has 0 aliphatic carbocycles. The molecule has 2 rings (SSSR count). The SMILES string of the molecule is NC(=O)OCCNCc1oc2ccccc2c1C(=O)O. The molecule has 1 aromatic heterocycles. The number of carbonyl (C=O) groups is 2. The molecular formula is C13H14N2O5. The fourth-order valence-electron chi connectivity index (χ4n) is 1.88. The average molecular weight is 278 g/mol. The number of para-hydroxylation sites is 1. The van der Waals surface area contributed by atoms with E-state index in [1.807, 2.05) is 0 Å². The Morgan fingerprint density at radius 3 is 2.80 bits per heavy atom. The molecule has 20 heavy (non-hydrogen) atoms. The van der Waals surface area contributed by atoms with Gasteiger partial charge >= 0.3 is 12.1 Å². The van der Waals surface area contributed by atoms with E-state index >= 15 is 0 Å². The van der Waals surface area contributed by atoms with E-state index in [1.165, 1.54) is 0 Å². The van der Waals surface area contributed by atoms with Gasteiger partial charge < -0.3 is 25.3 Å². The topological polar surface area (TPSA) is 115 Å². The van der Waals surface area contributed by atoms with Gasteiger partial charge in [0.25, 0.3) is 0 Å². The summed E-state index contributed by atoms with van der Waals surface area (Å²) >= 11 is 0. The lowest BCUT2D eigenvalue weighted by molar-refractivity contribution is 0.0696. The summed E-state index contributed by atoms with van der Waals surface area (Å²) in [5.74, 6) is -0.710. The summed E-state index contributed by atoms with van der Waals surface area (Å²) in [5, 5.41) is 12.7. The van der Waals surface area contributed by atoms with E-state index in [4.69, 9.17) is 10.2 Å². The molecule has 0 aliphatic heterocycles. The van der Waals surface area contributed by atoms with Crippen molar-refractivity contribution in [2.24, 2.45) is 5.73 Å². The molecule has 0 saturated heterocycles. The van der Waals surface area contributed by atoms with Gasteiger partial charge in [-0.25, -0.2) is 9.59 Å². The maximum Gasteiger partial charge on any atom is 0.404 e. The van der Waals surface area contributed by atoms with Gasteiger partial charge in [0.15, 0.2) is 0 Å². The predicted molar refractivity (Wildman–Crippen MR) is 70.4 cm³/mol. The summed E-state index contributed by atoms with van der Waals surface area (Å²) in [5.41, 5.74) is 5.48. The fourth-order valence-corrected chi connectivity index (χ4v) is 1.88. The Bertz CT molecular complexity index is 635. The molecule has 0 saturated carbocycles. The van der Waals surface area contributed by atoms with E-state index in [9.17, 15) is 14.7 Å². The molecule has 106 valence electrons. The monoisotopic (exact) mass is 278 g/mol. The van der Waals surface area contributed by atoms with Crippen LogP contribution in [0.15, 0.2) is 28.7 Å². The van der Waals surface area contributed by atoms with Gasteiger partial charge in [0.2, 0.25) is 0 Å². The summed E-state index contributed by atoms with van der Waals surface area (Å²) in [4.78, 5) is 21.7. The van der Waals surface area contributed by atoms with Crippen LogP contribution in [0, 0.1) is 0 Å². The molecule has 0 unspecified atom stereocenters. The largest absolute Gasteiger partial charge is 0.478 e. The van der Waals surface area contributed by atoms with Crippen LogP contribution < -0.4 is 11.1 Å². The molecular weight excluding hydrogens is 264 g/mol. The van der Waals surface area contributed by atoms with Crippen LogP contribution >= 0.6 is 0 Å². The summed E-state index contributed by atoms with van der Waals surface area (Å²) in [7, 11) is 0. The third kappa shape index (κ3) is 3.07. The highest BCUT2D eigenvalue weighted by Crippen LogP contribution is 2.25. The number of furan rings is 1. The Morgan fingerprint density at radius 2 is 2.10 bits per heavy atom. The quantitative estimate of drug-likeness (QED) is 0.686. The standard InChI is InChI=1S/C13H14N2O5/c14-13(18)19-6-5-15-7-10-11(12(16)17)8-3-1-2-4-9(8)20-10/h1-4,15H,5-7H2,(H2,14,18)(H,16,17). The molecule has 2 aromatic rings. The summed E-state index contributed by atoms with van der Waals surface area (Å²) in [6.07, 6.45) is -0.846. The number of hydrogen-bond acceptors (Lipinski definition) is 5. The Hall–Kier alpha value is -2.54. The Kier molecular flexibility index (Phi) is 4.21. The minimum absolute atomic E-state index is 0.109. The zero-order chi connectivity index (χ0) is 14.5. The lowest BCUT2D eigenvalue weighted by atomic mass is 10.1. The first-order valence-corrected chi connectivity index (χ1v) is 5.96. The fraction of sp³-hybridized carbons (Fsp3) is 0.231. The van der Waals surface area contributed by atoms with Crippen molar-refractivity contribution in [2.45, 2.75) is 6.54 Å². The molecule has 0 radical (unpaired) electrons. The number of hydrogen-bond donors (Lipinski definition) is 3. The molecule has 4 N–H and O–H groups in total. The molecule has 1 amide bonds. The van der Waals surface area contributed by atoms with Gasteiger partial charge in [-0.1, -0.05) is 18.2 Å². The first-order chi connectivity index (χ1) is 9.59. The number of carboxylic acid groups (broad SMARTS) is 1. The Labute approximate surface area is 114 Å². The highest BCUT2D eigenvalue weighted by atomic mass is 16.5. The third-order valence-corrected chi connectivity index (χ3v) is 2.69. The number of carboxylic acids is 1. The van der Waals surface area contributed by atoms with Crippen molar-refractivity contribution in [3.8, 4) is 0 Å². The van der Waals surface area contributed by atoms with Crippen molar-refractivity contribution in [1.29, 1.82) is 0 Å². The first-order valence-electron chi connectivity index (χ1n) is 5.96. The van der Waals surface area contributed by atoms with Crippen molar-refractivity contribution in [3.63, 3.8) is 0 Å². The van der Waals surface area contributed by atoms with E-state index in [-0.39, 0.29) is 18.7 Å². The second-order valence-corrected chi connectivity index (χ2v) is 4.05. The normalized spacial score (nSPS) is 10.6. The summed E-state index contributed by atoms with van der Waals surface area (Å²) in [6.45, 7) is 0.676.